The molecule has 0 spiro atoms. The van der Waals surface area contributed by atoms with Crippen LogP contribution in [0.4, 0.5) is 0 Å². The largest absolute Gasteiger partial charge is 0.468 e. The van der Waals surface area contributed by atoms with Gasteiger partial charge in [-0.05, 0) is 12.1 Å². The lowest BCUT2D eigenvalue weighted by molar-refractivity contribution is -0.172. The van der Waals surface area contributed by atoms with Crippen molar-refractivity contribution in [3.05, 3.63) is 30.1 Å². The van der Waals surface area contributed by atoms with Gasteiger partial charge in [-0.3, -0.25) is 14.6 Å². The van der Waals surface area contributed by atoms with Crippen molar-refractivity contribution >= 4 is 11.8 Å². The highest BCUT2D eigenvalue weighted by Crippen LogP contribution is 2.32. The Kier molecular flexibility index (Phi) is 2.70. The van der Waals surface area contributed by atoms with Gasteiger partial charge in [0, 0.05) is 18.0 Å². The number of pyridine rings is 1. The van der Waals surface area contributed by atoms with Crippen LogP contribution < -0.4 is 0 Å². The van der Waals surface area contributed by atoms with Crippen LogP contribution in [0.3, 0.4) is 0 Å². The third-order valence-corrected chi connectivity index (χ3v) is 2.65. The molecule has 1 aliphatic heterocycles. The molecule has 1 fully saturated rings. The number of carbonyl (C=O) groups is 2. The van der Waals surface area contributed by atoms with Crippen molar-refractivity contribution in [2.45, 2.75) is 0 Å². The zero-order valence-corrected chi connectivity index (χ0v) is 8.80. The lowest BCUT2D eigenvalue weighted by Crippen LogP contribution is -2.55. The number of nitrogens with zero attached hydrogens (tertiary/aromatic N) is 1. The van der Waals surface area contributed by atoms with Crippen LogP contribution in [0.1, 0.15) is 10.4 Å². The minimum atomic E-state index is -1.16. The van der Waals surface area contributed by atoms with Crippen molar-refractivity contribution in [3.8, 4) is 0 Å². The van der Waals surface area contributed by atoms with E-state index in [1.165, 1.54) is 19.5 Å². The van der Waals surface area contributed by atoms with Gasteiger partial charge in [0.1, 0.15) is 0 Å². The second kappa shape index (κ2) is 4.02. The number of ether oxygens (including phenoxy) is 2. The van der Waals surface area contributed by atoms with E-state index in [4.69, 9.17) is 4.74 Å². The number of Topliss-reactive ketones (excluding diaryl/α,β-unsaturated/α-hetero) is 1. The van der Waals surface area contributed by atoms with E-state index < -0.39 is 11.4 Å². The molecule has 1 aliphatic rings. The molecule has 0 saturated carbocycles. The van der Waals surface area contributed by atoms with Crippen molar-refractivity contribution in [1.82, 2.24) is 4.98 Å². The van der Waals surface area contributed by atoms with Crippen LogP contribution in [0.25, 0.3) is 0 Å². The molecule has 2 heterocycles. The molecule has 0 atom stereocenters. The Labute approximate surface area is 92.4 Å². The number of hydrogen-bond donors (Lipinski definition) is 0. The van der Waals surface area contributed by atoms with Crippen LogP contribution in [-0.4, -0.2) is 37.1 Å². The number of rotatable bonds is 3. The van der Waals surface area contributed by atoms with Gasteiger partial charge in [0.05, 0.1) is 20.3 Å². The van der Waals surface area contributed by atoms with E-state index in [9.17, 15) is 9.59 Å². The van der Waals surface area contributed by atoms with Crippen molar-refractivity contribution in [1.29, 1.82) is 0 Å². The van der Waals surface area contributed by atoms with E-state index in [0.29, 0.717) is 5.56 Å². The third-order valence-electron chi connectivity index (χ3n) is 2.65. The molecule has 0 amide bonds. The first kappa shape index (κ1) is 10.8. The van der Waals surface area contributed by atoms with Gasteiger partial charge in [-0.15, -0.1) is 0 Å². The summed E-state index contributed by atoms with van der Waals surface area (Å²) in [5.41, 5.74) is -0.709. The van der Waals surface area contributed by atoms with E-state index in [-0.39, 0.29) is 19.0 Å². The molecule has 5 nitrogen and oxygen atoms in total. The van der Waals surface area contributed by atoms with Crippen LogP contribution in [0.15, 0.2) is 24.5 Å². The molecule has 16 heavy (non-hydrogen) atoms. The standard InChI is InChI=1S/C11H11NO4/c1-15-10(14)11(6-16-7-11)9(13)8-2-4-12-5-3-8/h2-5H,6-7H2,1H3. The first-order valence-electron chi connectivity index (χ1n) is 4.82. The molecule has 0 radical (unpaired) electrons. The molecule has 0 unspecified atom stereocenters. The highest BCUT2D eigenvalue weighted by Gasteiger charge is 2.53. The smallest absolute Gasteiger partial charge is 0.324 e. The number of ketones is 1. The summed E-state index contributed by atoms with van der Waals surface area (Å²) in [7, 11) is 1.27. The van der Waals surface area contributed by atoms with Gasteiger partial charge in [-0.1, -0.05) is 0 Å². The minimum Gasteiger partial charge on any atom is -0.468 e. The number of esters is 1. The van der Waals surface area contributed by atoms with Crippen molar-refractivity contribution in [2.24, 2.45) is 5.41 Å². The molecule has 0 aromatic carbocycles. The molecule has 2 rings (SSSR count). The van der Waals surface area contributed by atoms with E-state index in [0.717, 1.165) is 0 Å². The third kappa shape index (κ3) is 1.49. The monoisotopic (exact) mass is 221 g/mol. The summed E-state index contributed by atoms with van der Waals surface area (Å²) in [6, 6.07) is 3.15. The molecule has 1 aromatic heterocycles. The van der Waals surface area contributed by atoms with Gasteiger partial charge in [0.15, 0.2) is 11.2 Å². The molecule has 0 N–H and O–H groups in total. The Bertz CT molecular complexity index is 411. The zero-order valence-electron chi connectivity index (χ0n) is 8.80. The average molecular weight is 221 g/mol. The Balaban J connectivity index is 2.30. The molecule has 0 aliphatic carbocycles. The van der Waals surface area contributed by atoms with Gasteiger partial charge in [0.25, 0.3) is 0 Å². The summed E-state index contributed by atoms with van der Waals surface area (Å²) in [6.07, 6.45) is 3.02. The Morgan fingerprint density at radius 3 is 2.44 bits per heavy atom. The summed E-state index contributed by atoms with van der Waals surface area (Å²) in [4.78, 5) is 27.6. The van der Waals surface area contributed by atoms with Crippen LogP contribution in [0, 0.1) is 5.41 Å². The summed E-state index contributed by atoms with van der Waals surface area (Å²) in [5, 5.41) is 0. The van der Waals surface area contributed by atoms with Crippen LogP contribution >= 0.6 is 0 Å². The van der Waals surface area contributed by atoms with E-state index in [2.05, 4.69) is 9.72 Å². The van der Waals surface area contributed by atoms with Gasteiger partial charge < -0.3 is 9.47 Å². The van der Waals surface area contributed by atoms with E-state index in [1.807, 2.05) is 0 Å². The molecule has 84 valence electrons. The molecular weight excluding hydrogens is 210 g/mol. The summed E-state index contributed by atoms with van der Waals surface area (Å²) >= 11 is 0. The molecule has 1 aromatic rings. The highest BCUT2D eigenvalue weighted by molar-refractivity contribution is 6.13. The SMILES string of the molecule is COC(=O)C1(C(=O)c2ccncc2)COC1. The second-order valence-corrected chi connectivity index (χ2v) is 3.63. The molecule has 5 heteroatoms. The normalized spacial score (nSPS) is 17.3. The fourth-order valence-corrected chi connectivity index (χ4v) is 1.62. The predicted molar refractivity (Wildman–Crippen MR) is 53.8 cm³/mol. The van der Waals surface area contributed by atoms with Crippen molar-refractivity contribution in [2.75, 3.05) is 20.3 Å². The van der Waals surface area contributed by atoms with Crippen LogP contribution in [-0.2, 0) is 14.3 Å². The number of aromatic nitrogens is 1. The maximum Gasteiger partial charge on any atom is 0.324 e. The number of methoxy groups -OCH3 is 1. The Morgan fingerprint density at radius 2 is 2.00 bits per heavy atom. The Morgan fingerprint density at radius 1 is 1.38 bits per heavy atom. The Hall–Kier alpha value is -1.75. The average Bonchev–Trinajstić information content (AvgIpc) is 2.28. The van der Waals surface area contributed by atoms with Gasteiger partial charge in [-0.25, -0.2) is 0 Å². The maximum atomic E-state index is 12.1. The second-order valence-electron chi connectivity index (χ2n) is 3.63. The molecular formula is C11H11NO4. The fourth-order valence-electron chi connectivity index (χ4n) is 1.62. The number of carbonyl (C=O) groups excluding carboxylic acids is 2. The minimum absolute atomic E-state index is 0.0842. The van der Waals surface area contributed by atoms with Gasteiger partial charge >= 0.3 is 5.97 Å². The van der Waals surface area contributed by atoms with Crippen molar-refractivity contribution < 1.29 is 19.1 Å². The fraction of sp³-hybridized carbons (Fsp3) is 0.364. The lowest BCUT2D eigenvalue weighted by atomic mass is 9.78. The summed E-state index contributed by atoms with van der Waals surface area (Å²) in [6.45, 7) is 0.168. The maximum absolute atomic E-state index is 12.1. The van der Waals surface area contributed by atoms with Gasteiger partial charge in [-0.2, -0.15) is 0 Å². The quantitative estimate of drug-likeness (QED) is 0.421. The first-order valence-corrected chi connectivity index (χ1v) is 4.82. The van der Waals surface area contributed by atoms with Gasteiger partial charge in [0.2, 0.25) is 0 Å². The van der Waals surface area contributed by atoms with E-state index >= 15 is 0 Å². The first-order chi connectivity index (χ1) is 7.70. The predicted octanol–water partition coefficient (Wildman–Crippen LogP) is 0.454. The van der Waals surface area contributed by atoms with Crippen molar-refractivity contribution in [3.63, 3.8) is 0 Å². The lowest BCUT2D eigenvalue weighted by Gasteiger charge is -2.36. The summed E-state index contributed by atoms with van der Waals surface area (Å²) in [5.74, 6) is -0.812. The zero-order chi connectivity index (χ0) is 11.6. The number of hydrogen-bond acceptors (Lipinski definition) is 5. The van der Waals surface area contributed by atoms with E-state index in [1.54, 1.807) is 12.1 Å². The topological polar surface area (TPSA) is 65.5 Å². The highest BCUT2D eigenvalue weighted by atomic mass is 16.5. The molecule has 0 bridgehead atoms. The van der Waals surface area contributed by atoms with Crippen LogP contribution in [0.2, 0.25) is 0 Å². The molecule has 1 saturated heterocycles. The van der Waals surface area contributed by atoms with Crippen LogP contribution in [0.5, 0.6) is 0 Å². The summed E-state index contributed by atoms with van der Waals surface area (Å²) < 4.78 is 9.61.